The van der Waals surface area contributed by atoms with Crippen LogP contribution in [0, 0.1) is 18.7 Å². The van der Waals surface area contributed by atoms with Crippen molar-refractivity contribution in [3.05, 3.63) is 23.5 Å². The molecule has 140 valence electrons. The fraction of sp³-hybridized carbons (Fsp3) is 0.700. The number of nitrogens with zero attached hydrogens (tertiary/aromatic N) is 1. The third-order valence-corrected chi connectivity index (χ3v) is 5.59. The van der Waals surface area contributed by atoms with Gasteiger partial charge in [0, 0.05) is 36.9 Å². The molecule has 3 rings (SSSR count). The molecule has 2 aliphatic rings. The van der Waals surface area contributed by atoms with Crippen LogP contribution in [0.5, 0.6) is 0 Å². The van der Waals surface area contributed by atoms with E-state index in [-0.39, 0.29) is 18.0 Å². The van der Waals surface area contributed by atoms with Crippen LogP contribution in [0.1, 0.15) is 45.1 Å². The Balaban J connectivity index is 1.66. The molecule has 2 fully saturated rings. The van der Waals surface area contributed by atoms with Crippen LogP contribution in [0.2, 0.25) is 0 Å². The largest absolute Gasteiger partial charge is 0.382 e. The summed E-state index contributed by atoms with van der Waals surface area (Å²) in [5, 5.41) is 3.33. The van der Waals surface area contributed by atoms with Gasteiger partial charge in [-0.05, 0) is 64.5 Å². The summed E-state index contributed by atoms with van der Waals surface area (Å²) < 4.78 is 20.7. The van der Waals surface area contributed by atoms with Gasteiger partial charge in [0.25, 0.3) is 0 Å². The molecular formula is C20H32FN3O. The molecule has 25 heavy (non-hydrogen) atoms. The number of nitrogens with one attached hydrogen (secondary N) is 1. The first-order valence-electron chi connectivity index (χ1n) is 9.63. The minimum absolute atomic E-state index is 0.128. The normalized spacial score (nSPS) is 30.4. The Labute approximate surface area is 150 Å². The number of morpholine rings is 1. The first-order valence-corrected chi connectivity index (χ1v) is 9.63. The molecule has 1 aromatic rings. The highest BCUT2D eigenvalue weighted by Gasteiger charge is 2.25. The maximum Gasteiger partial charge on any atom is 0.151 e. The van der Waals surface area contributed by atoms with Crippen molar-refractivity contribution in [1.82, 2.24) is 0 Å². The standard InChI is InChI=1S/C20H32FN3O/c1-13-11-24(12-14(2)25-13)19-9-8-18(20(21)15(19)3)23-10-16-4-6-17(22)7-5-16/h8-9,13-14,16-17,23H,4-7,10-12,22H2,1-3H3/t13-,14-,16?,17?/m1/s1. The van der Waals surface area contributed by atoms with E-state index in [4.69, 9.17) is 10.5 Å². The van der Waals surface area contributed by atoms with Gasteiger partial charge in [0.2, 0.25) is 0 Å². The number of anilines is 2. The summed E-state index contributed by atoms with van der Waals surface area (Å²) in [5.41, 5.74) is 8.28. The van der Waals surface area contributed by atoms with E-state index in [0.717, 1.165) is 56.6 Å². The first-order chi connectivity index (χ1) is 11.9. The first kappa shape index (κ1) is 18.5. The van der Waals surface area contributed by atoms with Gasteiger partial charge in [-0.25, -0.2) is 4.39 Å². The molecule has 0 bridgehead atoms. The number of hydrogen-bond acceptors (Lipinski definition) is 4. The van der Waals surface area contributed by atoms with E-state index in [0.29, 0.717) is 17.6 Å². The lowest BCUT2D eigenvalue weighted by molar-refractivity contribution is -0.00526. The lowest BCUT2D eigenvalue weighted by Gasteiger charge is -2.37. The molecule has 0 radical (unpaired) electrons. The summed E-state index contributed by atoms with van der Waals surface area (Å²) >= 11 is 0. The highest BCUT2D eigenvalue weighted by atomic mass is 19.1. The maximum absolute atomic E-state index is 14.9. The van der Waals surface area contributed by atoms with Crippen molar-refractivity contribution in [2.24, 2.45) is 11.7 Å². The van der Waals surface area contributed by atoms with Crippen LogP contribution in [-0.4, -0.2) is 37.9 Å². The third-order valence-electron chi connectivity index (χ3n) is 5.59. The summed E-state index contributed by atoms with van der Waals surface area (Å²) in [6.07, 6.45) is 4.77. The second kappa shape index (κ2) is 7.92. The average Bonchev–Trinajstić information content (AvgIpc) is 2.57. The van der Waals surface area contributed by atoms with Crippen molar-refractivity contribution in [3.63, 3.8) is 0 Å². The van der Waals surface area contributed by atoms with Crippen LogP contribution < -0.4 is 16.0 Å². The van der Waals surface area contributed by atoms with E-state index in [1.165, 1.54) is 0 Å². The number of ether oxygens (including phenoxy) is 1. The Morgan fingerprint density at radius 2 is 1.80 bits per heavy atom. The molecule has 1 saturated heterocycles. The van der Waals surface area contributed by atoms with Crippen LogP contribution >= 0.6 is 0 Å². The van der Waals surface area contributed by atoms with Crippen molar-refractivity contribution >= 4 is 11.4 Å². The summed E-state index contributed by atoms with van der Waals surface area (Å²) in [7, 11) is 0. The topological polar surface area (TPSA) is 50.5 Å². The van der Waals surface area contributed by atoms with Crippen LogP contribution in [0.4, 0.5) is 15.8 Å². The molecule has 1 saturated carbocycles. The summed E-state index contributed by atoms with van der Waals surface area (Å²) in [6, 6.07) is 4.28. The van der Waals surface area contributed by atoms with Crippen molar-refractivity contribution in [2.75, 3.05) is 29.9 Å². The van der Waals surface area contributed by atoms with Crippen LogP contribution in [0.25, 0.3) is 0 Å². The van der Waals surface area contributed by atoms with Gasteiger partial charge < -0.3 is 20.7 Å². The summed E-state index contributed by atoms with van der Waals surface area (Å²) in [4.78, 5) is 2.24. The monoisotopic (exact) mass is 349 g/mol. The number of benzene rings is 1. The molecule has 1 aliphatic heterocycles. The second-order valence-electron chi connectivity index (χ2n) is 7.90. The van der Waals surface area contributed by atoms with Gasteiger partial charge in [-0.3, -0.25) is 0 Å². The van der Waals surface area contributed by atoms with Gasteiger partial charge >= 0.3 is 0 Å². The maximum atomic E-state index is 14.9. The van der Waals surface area contributed by atoms with E-state index in [1.807, 2.05) is 19.1 Å². The molecule has 1 aromatic carbocycles. The van der Waals surface area contributed by atoms with Gasteiger partial charge in [0.05, 0.1) is 17.9 Å². The van der Waals surface area contributed by atoms with Crippen molar-refractivity contribution in [1.29, 1.82) is 0 Å². The SMILES string of the molecule is Cc1c(N2C[C@@H](C)O[C@H](C)C2)ccc(NCC2CCC(N)CC2)c1F. The van der Waals surface area contributed by atoms with E-state index in [9.17, 15) is 4.39 Å². The molecule has 4 nitrogen and oxygen atoms in total. The minimum Gasteiger partial charge on any atom is -0.382 e. The minimum atomic E-state index is -0.128. The molecule has 0 aromatic heterocycles. The third kappa shape index (κ3) is 4.45. The lowest BCUT2D eigenvalue weighted by Crippen LogP contribution is -2.45. The van der Waals surface area contributed by atoms with Crippen LogP contribution in [0.3, 0.4) is 0 Å². The predicted octanol–water partition coefficient (Wildman–Crippen LogP) is 3.68. The highest BCUT2D eigenvalue weighted by Crippen LogP contribution is 2.31. The predicted molar refractivity (Wildman–Crippen MR) is 102 cm³/mol. The zero-order valence-electron chi connectivity index (χ0n) is 15.7. The van der Waals surface area contributed by atoms with E-state index in [1.54, 1.807) is 0 Å². The second-order valence-corrected chi connectivity index (χ2v) is 7.90. The van der Waals surface area contributed by atoms with Gasteiger partial charge in [0.15, 0.2) is 5.82 Å². The molecule has 0 amide bonds. The van der Waals surface area contributed by atoms with Crippen molar-refractivity contribution in [2.45, 2.75) is 64.7 Å². The van der Waals surface area contributed by atoms with E-state index >= 15 is 0 Å². The molecule has 3 N–H and O–H groups in total. The van der Waals surface area contributed by atoms with E-state index < -0.39 is 0 Å². The van der Waals surface area contributed by atoms with E-state index in [2.05, 4.69) is 24.1 Å². The highest BCUT2D eigenvalue weighted by molar-refractivity contribution is 5.62. The van der Waals surface area contributed by atoms with Gasteiger partial charge in [-0.2, -0.15) is 0 Å². The zero-order chi connectivity index (χ0) is 18.0. The smallest absolute Gasteiger partial charge is 0.151 e. The quantitative estimate of drug-likeness (QED) is 0.871. The van der Waals surface area contributed by atoms with Gasteiger partial charge in [-0.15, -0.1) is 0 Å². The Bertz CT molecular complexity index is 577. The Hall–Kier alpha value is -1.33. The van der Waals surface area contributed by atoms with Crippen molar-refractivity contribution in [3.8, 4) is 0 Å². The lowest BCUT2D eigenvalue weighted by atomic mass is 9.86. The van der Waals surface area contributed by atoms with Gasteiger partial charge in [0.1, 0.15) is 0 Å². The molecule has 5 heteroatoms. The molecule has 1 aliphatic carbocycles. The fourth-order valence-electron chi connectivity index (χ4n) is 4.18. The average molecular weight is 349 g/mol. The number of halogens is 1. The van der Waals surface area contributed by atoms with Crippen molar-refractivity contribution < 1.29 is 9.13 Å². The molecule has 0 unspecified atom stereocenters. The molecule has 1 heterocycles. The van der Waals surface area contributed by atoms with Gasteiger partial charge in [-0.1, -0.05) is 0 Å². The molecule has 2 atom stereocenters. The van der Waals surface area contributed by atoms with Crippen LogP contribution in [-0.2, 0) is 4.74 Å². The number of nitrogens with two attached hydrogens (primary N) is 1. The fourth-order valence-corrected chi connectivity index (χ4v) is 4.18. The number of hydrogen-bond donors (Lipinski definition) is 2. The van der Waals surface area contributed by atoms with Crippen LogP contribution in [0.15, 0.2) is 12.1 Å². The number of rotatable bonds is 4. The molecule has 0 spiro atoms. The Morgan fingerprint density at radius 3 is 2.44 bits per heavy atom. The Morgan fingerprint density at radius 1 is 1.16 bits per heavy atom. The summed E-state index contributed by atoms with van der Waals surface area (Å²) in [5.74, 6) is 0.469. The zero-order valence-corrected chi connectivity index (χ0v) is 15.7. The molecular weight excluding hydrogens is 317 g/mol. The summed E-state index contributed by atoms with van der Waals surface area (Å²) in [6.45, 7) is 8.45. The Kier molecular flexibility index (Phi) is 5.85.